The third kappa shape index (κ3) is 4.60. The highest BCUT2D eigenvalue weighted by Gasteiger charge is 2.39. The van der Waals surface area contributed by atoms with Crippen LogP contribution in [0.1, 0.15) is 56.2 Å². The molecule has 2 aliphatic rings. The normalized spacial score (nSPS) is 31.8. The van der Waals surface area contributed by atoms with Gasteiger partial charge in [0.1, 0.15) is 5.60 Å². The van der Waals surface area contributed by atoms with Crippen LogP contribution in [-0.4, -0.2) is 54.7 Å². The molecule has 2 fully saturated rings. The van der Waals surface area contributed by atoms with E-state index in [1.54, 1.807) is 11.3 Å². The molecule has 0 amide bonds. The monoisotopic (exact) mass is 350 g/mol. The van der Waals surface area contributed by atoms with Gasteiger partial charge in [0.15, 0.2) is 0 Å². The largest absolute Gasteiger partial charge is 0.384 e. The van der Waals surface area contributed by atoms with Crippen LogP contribution in [0.2, 0.25) is 0 Å². The average Bonchev–Trinajstić information content (AvgIpc) is 3.13. The van der Waals surface area contributed by atoms with Crippen molar-refractivity contribution in [3.8, 4) is 0 Å². The van der Waals surface area contributed by atoms with Gasteiger partial charge in [-0.2, -0.15) is 0 Å². The molecule has 136 valence electrons. The number of piperazine rings is 1. The third-order valence-electron chi connectivity index (χ3n) is 6.06. The Kier molecular flexibility index (Phi) is 6.73. The van der Waals surface area contributed by atoms with Crippen LogP contribution in [0.4, 0.5) is 0 Å². The molecule has 3 rings (SSSR count). The van der Waals surface area contributed by atoms with Gasteiger partial charge >= 0.3 is 0 Å². The molecular formula is C20H34N2OS. The van der Waals surface area contributed by atoms with Crippen LogP contribution in [0.25, 0.3) is 0 Å². The molecule has 2 atom stereocenters. The van der Waals surface area contributed by atoms with Crippen LogP contribution in [0.3, 0.4) is 0 Å². The summed E-state index contributed by atoms with van der Waals surface area (Å²) in [6, 6.07) is 4.26. The summed E-state index contributed by atoms with van der Waals surface area (Å²) in [6.07, 6.45) is 9.85. The Morgan fingerprint density at radius 3 is 2.50 bits per heavy atom. The highest BCUT2D eigenvalue weighted by atomic mass is 32.1. The molecule has 1 aliphatic carbocycles. The molecule has 1 aliphatic heterocycles. The van der Waals surface area contributed by atoms with E-state index < -0.39 is 5.60 Å². The summed E-state index contributed by atoms with van der Waals surface area (Å²) in [5, 5.41) is 13.9. The number of nitrogens with zero attached hydrogens (tertiary/aromatic N) is 2. The number of rotatable bonds is 3. The maximum atomic E-state index is 11.8. The lowest BCUT2D eigenvalue weighted by Gasteiger charge is -2.41. The van der Waals surface area contributed by atoms with Crippen molar-refractivity contribution in [2.45, 2.75) is 57.0 Å². The van der Waals surface area contributed by atoms with Crippen LogP contribution in [0.5, 0.6) is 0 Å². The van der Waals surface area contributed by atoms with Crippen LogP contribution < -0.4 is 0 Å². The molecule has 0 bridgehead atoms. The Balaban J connectivity index is 1.75. The number of hydrogen-bond donors (Lipinski definition) is 1. The van der Waals surface area contributed by atoms with Crippen molar-refractivity contribution < 1.29 is 5.11 Å². The van der Waals surface area contributed by atoms with Crippen LogP contribution in [0, 0.1) is 5.92 Å². The van der Waals surface area contributed by atoms with Gasteiger partial charge in [0.25, 0.3) is 0 Å². The van der Waals surface area contributed by atoms with Crippen molar-refractivity contribution in [2.24, 2.45) is 5.92 Å². The van der Waals surface area contributed by atoms with Gasteiger partial charge < -0.3 is 14.9 Å². The van der Waals surface area contributed by atoms with Gasteiger partial charge in [0.05, 0.1) is 0 Å². The lowest BCUT2D eigenvalue weighted by atomic mass is 9.77. The summed E-state index contributed by atoms with van der Waals surface area (Å²) in [4.78, 5) is 6.20. The van der Waals surface area contributed by atoms with Crippen molar-refractivity contribution in [1.82, 2.24) is 9.80 Å². The maximum absolute atomic E-state index is 11.8. The molecule has 0 spiro atoms. The Morgan fingerprint density at radius 1 is 1.08 bits per heavy atom. The SMILES string of the molecule is CN1CCN(CC2CCCCCCCCC2(O)c2cccs2)CC1. The van der Waals surface area contributed by atoms with E-state index in [-0.39, 0.29) is 0 Å². The highest BCUT2D eigenvalue weighted by molar-refractivity contribution is 7.10. The first-order valence-corrected chi connectivity index (χ1v) is 10.7. The minimum atomic E-state index is -0.616. The predicted octanol–water partition coefficient (Wildman–Crippen LogP) is 3.93. The molecule has 3 nitrogen and oxygen atoms in total. The Bertz CT molecular complexity index is 470. The quantitative estimate of drug-likeness (QED) is 0.895. The second-order valence-electron chi connectivity index (χ2n) is 7.86. The second-order valence-corrected chi connectivity index (χ2v) is 8.81. The molecule has 0 aromatic carbocycles. The zero-order valence-corrected chi connectivity index (χ0v) is 16.1. The molecule has 1 saturated carbocycles. The molecule has 24 heavy (non-hydrogen) atoms. The van der Waals surface area contributed by atoms with E-state index in [1.165, 1.54) is 43.4 Å². The molecule has 1 aromatic heterocycles. The minimum Gasteiger partial charge on any atom is -0.384 e. The molecule has 1 N–H and O–H groups in total. The average molecular weight is 351 g/mol. The van der Waals surface area contributed by atoms with Crippen LogP contribution in [0.15, 0.2) is 17.5 Å². The lowest BCUT2D eigenvalue weighted by Crippen LogP contribution is -2.49. The fourth-order valence-electron chi connectivity index (χ4n) is 4.37. The van der Waals surface area contributed by atoms with Gasteiger partial charge in [0.2, 0.25) is 0 Å². The topological polar surface area (TPSA) is 26.7 Å². The number of hydrogen-bond acceptors (Lipinski definition) is 4. The van der Waals surface area contributed by atoms with Crippen molar-refractivity contribution in [2.75, 3.05) is 39.8 Å². The minimum absolute atomic E-state index is 0.373. The summed E-state index contributed by atoms with van der Waals surface area (Å²) in [7, 11) is 2.21. The summed E-state index contributed by atoms with van der Waals surface area (Å²) >= 11 is 1.75. The van der Waals surface area contributed by atoms with Gasteiger partial charge in [-0.3, -0.25) is 0 Å². The first-order valence-electron chi connectivity index (χ1n) is 9.86. The molecule has 2 unspecified atom stereocenters. The van der Waals surface area contributed by atoms with E-state index in [0.29, 0.717) is 5.92 Å². The summed E-state index contributed by atoms with van der Waals surface area (Å²) < 4.78 is 0. The smallest absolute Gasteiger partial charge is 0.103 e. The third-order valence-corrected chi connectivity index (χ3v) is 7.09. The summed E-state index contributed by atoms with van der Waals surface area (Å²) in [5.41, 5.74) is -0.616. The molecule has 0 radical (unpaired) electrons. The van der Waals surface area contributed by atoms with Gasteiger partial charge in [-0.25, -0.2) is 0 Å². The number of likely N-dealkylation sites (N-methyl/N-ethyl adjacent to an activating group) is 1. The zero-order chi connectivity index (χ0) is 16.8. The number of thiophene rings is 1. The van der Waals surface area contributed by atoms with E-state index >= 15 is 0 Å². The molecule has 1 saturated heterocycles. The van der Waals surface area contributed by atoms with Gasteiger partial charge in [-0.1, -0.05) is 44.6 Å². The van der Waals surface area contributed by atoms with Gasteiger partial charge in [-0.15, -0.1) is 11.3 Å². The first-order chi connectivity index (χ1) is 11.7. The predicted molar refractivity (Wildman–Crippen MR) is 103 cm³/mol. The van der Waals surface area contributed by atoms with E-state index in [4.69, 9.17) is 0 Å². The summed E-state index contributed by atoms with van der Waals surface area (Å²) in [6.45, 7) is 5.66. The Labute approximate surface area is 151 Å². The van der Waals surface area contributed by atoms with Crippen molar-refractivity contribution in [3.05, 3.63) is 22.4 Å². The van der Waals surface area contributed by atoms with Crippen molar-refractivity contribution >= 4 is 11.3 Å². The van der Waals surface area contributed by atoms with Crippen LogP contribution in [-0.2, 0) is 5.60 Å². The van der Waals surface area contributed by atoms with E-state index in [2.05, 4.69) is 34.4 Å². The Hall–Kier alpha value is -0.420. The Morgan fingerprint density at radius 2 is 1.79 bits per heavy atom. The second kappa shape index (κ2) is 8.79. The summed E-state index contributed by atoms with van der Waals surface area (Å²) in [5.74, 6) is 0.373. The zero-order valence-electron chi connectivity index (χ0n) is 15.3. The maximum Gasteiger partial charge on any atom is 0.103 e. The van der Waals surface area contributed by atoms with E-state index in [9.17, 15) is 5.11 Å². The fraction of sp³-hybridized carbons (Fsp3) is 0.800. The standard InChI is InChI=1S/C20H34N2OS/c1-21-12-14-22(15-13-21)17-18-9-6-4-2-3-5-7-11-20(18,23)19-10-8-16-24-19/h8,10,16,18,23H,2-7,9,11-15,17H2,1H3. The van der Waals surface area contributed by atoms with Gasteiger partial charge in [0, 0.05) is 43.5 Å². The van der Waals surface area contributed by atoms with Crippen molar-refractivity contribution in [1.29, 1.82) is 0 Å². The lowest BCUT2D eigenvalue weighted by molar-refractivity contribution is -0.0519. The first kappa shape index (κ1) is 18.4. The molecule has 4 heteroatoms. The van der Waals surface area contributed by atoms with E-state index in [1.807, 2.05) is 0 Å². The molecular weight excluding hydrogens is 316 g/mol. The van der Waals surface area contributed by atoms with Crippen molar-refractivity contribution in [3.63, 3.8) is 0 Å². The number of aliphatic hydroxyl groups is 1. The molecule has 1 aromatic rings. The fourth-order valence-corrected chi connectivity index (χ4v) is 5.30. The molecule has 2 heterocycles. The van der Waals surface area contributed by atoms with Crippen LogP contribution >= 0.6 is 11.3 Å². The van der Waals surface area contributed by atoms with E-state index in [0.717, 1.165) is 45.6 Å². The van der Waals surface area contributed by atoms with Gasteiger partial charge in [-0.05, 0) is 31.3 Å². The highest BCUT2D eigenvalue weighted by Crippen LogP contribution is 2.41.